The van der Waals surface area contributed by atoms with E-state index in [-0.39, 0.29) is 11.7 Å². The van der Waals surface area contributed by atoms with Crippen LogP contribution >= 0.6 is 11.8 Å². The Morgan fingerprint density at radius 1 is 1.23 bits per heavy atom. The predicted molar refractivity (Wildman–Crippen MR) is 86.1 cm³/mol. The number of carbonyl (C=O) groups excluding carboxylic acids is 1. The molecule has 0 radical (unpaired) electrons. The zero-order valence-electron chi connectivity index (χ0n) is 12.3. The molecule has 1 amide bonds. The Labute approximate surface area is 132 Å². The van der Waals surface area contributed by atoms with Crippen molar-refractivity contribution in [2.45, 2.75) is 19.0 Å². The van der Waals surface area contributed by atoms with Crippen LogP contribution in [0.2, 0.25) is 0 Å². The van der Waals surface area contributed by atoms with Crippen LogP contribution in [0.1, 0.15) is 11.1 Å². The molecule has 0 atom stereocenters. The molecule has 0 fully saturated rings. The van der Waals surface area contributed by atoms with Gasteiger partial charge in [-0.1, -0.05) is 17.8 Å². The number of hydrogen-bond donors (Lipinski definition) is 1. The number of nitrogens with zero attached hydrogens (tertiary/aromatic N) is 4. The lowest BCUT2D eigenvalue weighted by Crippen LogP contribution is -2.14. The molecular formula is C15H15N5OS. The molecule has 1 aromatic carbocycles. The summed E-state index contributed by atoms with van der Waals surface area (Å²) in [6, 6.07) is 7.77. The van der Waals surface area contributed by atoms with Gasteiger partial charge in [-0.05, 0) is 43.2 Å². The Hall–Kier alpha value is -2.41. The standard InChI is InChI=1S/C15H15N5OS/c1-10-6-11(2)8-12(7-10)17-13(21)9-22-15-19-18-14-16-4-3-5-20(14)15/h3-8H,9H2,1-2H3,(H,17,21). The number of carbonyl (C=O) groups is 1. The SMILES string of the molecule is Cc1cc(C)cc(NC(=O)CSc2nnc3ncccn23)c1. The van der Waals surface area contributed by atoms with E-state index in [9.17, 15) is 4.79 Å². The van der Waals surface area contributed by atoms with E-state index in [4.69, 9.17) is 0 Å². The molecule has 0 unspecified atom stereocenters. The molecule has 0 bridgehead atoms. The number of rotatable bonds is 4. The van der Waals surface area contributed by atoms with Crippen molar-refractivity contribution in [2.24, 2.45) is 0 Å². The van der Waals surface area contributed by atoms with Crippen LogP contribution in [0.3, 0.4) is 0 Å². The molecule has 0 spiro atoms. The van der Waals surface area contributed by atoms with Crippen LogP contribution in [0.15, 0.2) is 41.8 Å². The molecule has 6 nitrogen and oxygen atoms in total. The third kappa shape index (κ3) is 3.25. The average molecular weight is 313 g/mol. The highest BCUT2D eigenvalue weighted by Gasteiger charge is 2.09. The van der Waals surface area contributed by atoms with E-state index >= 15 is 0 Å². The highest BCUT2D eigenvalue weighted by molar-refractivity contribution is 7.99. The van der Waals surface area contributed by atoms with Crippen LogP contribution in [0.5, 0.6) is 0 Å². The minimum Gasteiger partial charge on any atom is -0.325 e. The second kappa shape index (κ2) is 6.15. The van der Waals surface area contributed by atoms with Gasteiger partial charge in [-0.15, -0.1) is 10.2 Å². The van der Waals surface area contributed by atoms with Crippen molar-refractivity contribution in [1.29, 1.82) is 0 Å². The van der Waals surface area contributed by atoms with E-state index in [2.05, 4.69) is 26.6 Å². The van der Waals surface area contributed by atoms with Crippen molar-refractivity contribution in [3.05, 3.63) is 47.8 Å². The lowest BCUT2D eigenvalue weighted by molar-refractivity contribution is -0.113. The summed E-state index contributed by atoms with van der Waals surface area (Å²) in [5.74, 6) is 0.721. The quantitative estimate of drug-likeness (QED) is 0.749. The van der Waals surface area contributed by atoms with Crippen molar-refractivity contribution < 1.29 is 4.79 Å². The van der Waals surface area contributed by atoms with Gasteiger partial charge in [-0.2, -0.15) is 0 Å². The van der Waals surface area contributed by atoms with Gasteiger partial charge in [0.15, 0.2) is 5.16 Å². The molecule has 3 rings (SSSR count). The van der Waals surface area contributed by atoms with Crippen LogP contribution in [-0.2, 0) is 4.79 Å². The number of nitrogens with one attached hydrogen (secondary N) is 1. The largest absolute Gasteiger partial charge is 0.325 e. The van der Waals surface area contributed by atoms with Gasteiger partial charge in [-0.25, -0.2) is 4.98 Å². The van der Waals surface area contributed by atoms with Gasteiger partial charge >= 0.3 is 0 Å². The molecule has 1 N–H and O–H groups in total. The van der Waals surface area contributed by atoms with Gasteiger partial charge in [0.05, 0.1) is 5.75 Å². The van der Waals surface area contributed by atoms with Gasteiger partial charge in [0, 0.05) is 18.1 Å². The molecule has 7 heteroatoms. The summed E-state index contributed by atoms with van der Waals surface area (Å²) in [6.07, 6.45) is 3.48. The fraction of sp³-hybridized carbons (Fsp3) is 0.200. The molecule has 3 aromatic rings. The van der Waals surface area contributed by atoms with Crippen LogP contribution in [0, 0.1) is 13.8 Å². The fourth-order valence-electron chi connectivity index (χ4n) is 2.19. The van der Waals surface area contributed by atoms with E-state index in [0.717, 1.165) is 16.8 Å². The number of thioether (sulfide) groups is 1. The number of amides is 1. The number of benzene rings is 1. The average Bonchev–Trinajstić information content (AvgIpc) is 2.87. The maximum atomic E-state index is 12.1. The van der Waals surface area contributed by atoms with Gasteiger partial charge in [0.1, 0.15) is 0 Å². The van der Waals surface area contributed by atoms with Crippen molar-refractivity contribution in [3.8, 4) is 0 Å². The zero-order valence-corrected chi connectivity index (χ0v) is 13.1. The normalized spacial score (nSPS) is 10.8. The van der Waals surface area contributed by atoms with E-state index in [0.29, 0.717) is 10.9 Å². The van der Waals surface area contributed by atoms with Gasteiger partial charge in [-0.3, -0.25) is 9.20 Å². The molecule has 0 aliphatic carbocycles. The second-order valence-electron chi connectivity index (χ2n) is 4.99. The minimum absolute atomic E-state index is 0.0735. The van der Waals surface area contributed by atoms with Crippen LogP contribution in [0.4, 0.5) is 5.69 Å². The topological polar surface area (TPSA) is 72.2 Å². The summed E-state index contributed by atoms with van der Waals surface area (Å²) in [5, 5.41) is 11.5. The minimum atomic E-state index is -0.0735. The molecule has 0 saturated carbocycles. The van der Waals surface area contributed by atoms with Crippen molar-refractivity contribution in [3.63, 3.8) is 0 Å². The Morgan fingerprint density at radius 2 is 2.00 bits per heavy atom. The van der Waals surface area contributed by atoms with E-state index in [1.54, 1.807) is 16.7 Å². The van der Waals surface area contributed by atoms with E-state index < -0.39 is 0 Å². The third-order valence-electron chi connectivity index (χ3n) is 3.00. The summed E-state index contributed by atoms with van der Waals surface area (Å²) >= 11 is 1.33. The van der Waals surface area contributed by atoms with E-state index in [1.807, 2.05) is 32.2 Å². The second-order valence-corrected chi connectivity index (χ2v) is 5.93. The molecule has 0 aliphatic heterocycles. The Balaban J connectivity index is 1.65. The molecule has 0 aliphatic rings. The number of aryl methyl sites for hydroxylation is 2. The van der Waals surface area contributed by atoms with Crippen molar-refractivity contribution in [1.82, 2.24) is 19.6 Å². The lowest BCUT2D eigenvalue weighted by atomic mass is 10.1. The van der Waals surface area contributed by atoms with Crippen LogP contribution in [-0.4, -0.2) is 31.2 Å². The summed E-state index contributed by atoms with van der Waals surface area (Å²) in [6.45, 7) is 4.01. The molecule has 2 aromatic heterocycles. The molecular weight excluding hydrogens is 298 g/mol. The smallest absolute Gasteiger partial charge is 0.255 e. The first kappa shape index (κ1) is 14.5. The first-order valence-corrected chi connectivity index (χ1v) is 7.77. The summed E-state index contributed by atoms with van der Waals surface area (Å²) in [7, 11) is 0. The highest BCUT2D eigenvalue weighted by Crippen LogP contribution is 2.17. The molecule has 0 saturated heterocycles. The Bertz CT molecular complexity index is 809. The monoisotopic (exact) mass is 313 g/mol. The molecule has 2 heterocycles. The van der Waals surface area contributed by atoms with Gasteiger partial charge < -0.3 is 5.32 Å². The van der Waals surface area contributed by atoms with Gasteiger partial charge in [0.2, 0.25) is 5.91 Å². The maximum Gasteiger partial charge on any atom is 0.255 e. The molecule has 112 valence electrons. The van der Waals surface area contributed by atoms with Gasteiger partial charge in [0.25, 0.3) is 5.78 Å². The van der Waals surface area contributed by atoms with Crippen LogP contribution < -0.4 is 5.32 Å². The van der Waals surface area contributed by atoms with Crippen molar-refractivity contribution in [2.75, 3.05) is 11.1 Å². The maximum absolute atomic E-state index is 12.1. The summed E-state index contributed by atoms with van der Waals surface area (Å²) in [5.41, 5.74) is 3.06. The lowest BCUT2D eigenvalue weighted by Gasteiger charge is -2.07. The summed E-state index contributed by atoms with van der Waals surface area (Å²) < 4.78 is 1.76. The first-order valence-electron chi connectivity index (χ1n) is 6.78. The Kier molecular flexibility index (Phi) is 4.06. The predicted octanol–water partition coefficient (Wildman–Crippen LogP) is 2.47. The number of aromatic nitrogens is 4. The Morgan fingerprint density at radius 3 is 2.77 bits per heavy atom. The highest BCUT2D eigenvalue weighted by atomic mass is 32.2. The fourth-order valence-corrected chi connectivity index (χ4v) is 2.91. The van der Waals surface area contributed by atoms with E-state index in [1.165, 1.54) is 11.8 Å². The third-order valence-corrected chi connectivity index (χ3v) is 3.94. The number of anilines is 1. The molecule has 22 heavy (non-hydrogen) atoms. The van der Waals surface area contributed by atoms with Crippen molar-refractivity contribution >= 4 is 29.1 Å². The first-order chi connectivity index (χ1) is 10.6. The van der Waals surface area contributed by atoms with Crippen LogP contribution in [0.25, 0.3) is 5.78 Å². The number of fused-ring (bicyclic) bond motifs is 1. The zero-order chi connectivity index (χ0) is 15.5. The number of hydrogen-bond acceptors (Lipinski definition) is 5. The summed E-state index contributed by atoms with van der Waals surface area (Å²) in [4.78, 5) is 16.2.